The fourth-order valence-corrected chi connectivity index (χ4v) is 3.69. The van der Waals surface area contributed by atoms with Crippen LogP contribution in [0.2, 0.25) is 0 Å². The third-order valence-corrected chi connectivity index (χ3v) is 4.99. The van der Waals surface area contributed by atoms with Crippen LogP contribution in [-0.4, -0.2) is 19.9 Å². The number of aromatic nitrogens is 4. The average molecular weight is 442 g/mol. The molecule has 140 valence electrons. The van der Waals surface area contributed by atoms with Crippen molar-refractivity contribution in [2.75, 3.05) is 0 Å². The Morgan fingerprint density at radius 1 is 0.667 bits per heavy atom. The summed E-state index contributed by atoms with van der Waals surface area (Å²) in [5.74, 6) is 0.773. The molecule has 0 aromatic carbocycles. The maximum absolute atomic E-state index is 5.72. The minimum absolute atomic E-state index is 0. The van der Waals surface area contributed by atoms with Gasteiger partial charge in [0.05, 0.1) is 40.1 Å². The molecule has 0 aliphatic carbocycles. The molecule has 5 nitrogen and oxygen atoms in total. The van der Waals surface area contributed by atoms with Crippen LogP contribution in [0.15, 0.2) is 65.3 Å². The molecule has 6 heterocycles. The third-order valence-electron chi connectivity index (χ3n) is 4.99. The number of nitrogens with one attached hydrogen (secondary N) is 2. The van der Waals surface area contributed by atoms with E-state index >= 15 is 0 Å². The van der Waals surface area contributed by atoms with E-state index in [9.17, 15) is 0 Å². The molecule has 0 saturated carbocycles. The van der Waals surface area contributed by atoms with E-state index in [0.29, 0.717) is 0 Å². The van der Waals surface area contributed by atoms with Gasteiger partial charge in [-0.25, -0.2) is 9.97 Å². The van der Waals surface area contributed by atoms with Gasteiger partial charge in [0.25, 0.3) is 0 Å². The number of nitrogens with zero attached hydrogens (tertiary/aromatic N) is 2. The van der Waals surface area contributed by atoms with Crippen molar-refractivity contribution in [3.05, 3.63) is 83.6 Å². The van der Waals surface area contributed by atoms with Crippen LogP contribution in [0.4, 0.5) is 0 Å². The Bertz CT molecular complexity index is 1460. The van der Waals surface area contributed by atoms with Gasteiger partial charge in [-0.05, 0) is 78.9 Å². The minimum atomic E-state index is 0. The summed E-state index contributed by atoms with van der Waals surface area (Å²) in [5, 5.41) is 0. The zero-order valence-corrected chi connectivity index (χ0v) is 19.1. The molecule has 0 fully saturated rings. The molecule has 0 atom stereocenters. The molecule has 8 bridgehead atoms. The molecule has 6 heteroatoms. The SMILES string of the molecule is C1=Cc2cc3ccc([nH]3)c(-c3ccco3)c3nc(cc4ccc(cc1n2)[nH]4)C=C3.[Zn]. The molecular weight excluding hydrogens is 426 g/mol. The van der Waals surface area contributed by atoms with Crippen molar-refractivity contribution in [3.63, 3.8) is 0 Å². The first-order valence-electron chi connectivity index (χ1n) is 9.41. The van der Waals surface area contributed by atoms with Crippen LogP contribution in [0.5, 0.6) is 0 Å². The molecule has 0 radical (unpaired) electrons. The topological polar surface area (TPSA) is 70.5 Å². The van der Waals surface area contributed by atoms with E-state index in [4.69, 9.17) is 9.40 Å². The van der Waals surface area contributed by atoms with Crippen molar-refractivity contribution in [2.45, 2.75) is 0 Å². The predicted molar refractivity (Wildman–Crippen MR) is 117 cm³/mol. The Kier molecular flexibility index (Phi) is 4.57. The van der Waals surface area contributed by atoms with E-state index in [1.807, 2.05) is 78.9 Å². The molecule has 4 aromatic rings. The van der Waals surface area contributed by atoms with Crippen LogP contribution in [0, 0.1) is 0 Å². The maximum atomic E-state index is 5.72. The smallest absolute Gasteiger partial charge is 0.138 e. The number of aromatic amines is 2. The second-order valence-electron chi connectivity index (χ2n) is 7.03. The third kappa shape index (κ3) is 3.36. The summed E-state index contributed by atoms with van der Waals surface area (Å²) >= 11 is 0. The van der Waals surface area contributed by atoms with E-state index in [0.717, 1.165) is 56.2 Å². The summed E-state index contributed by atoms with van der Waals surface area (Å²) in [5.41, 5.74) is 8.42. The van der Waals surface area contributed by atoms with Crippen LogP contribution in [0.1, 0.15) is 22.8 Å². The molecule has 2 aliphatic heterocycles. The first kappa shape index (κ1) is 18.5. The fourth-order valence-electron chi connectivity index (χ4n) is 3.69. The molecule has 2 N–H and O–H groups in total. The largest absolute Gasteiger partial charge is 0.464 e. The standard InChI is InChI=1S/C24H16N4O.Zn/c1-2-23(29-11-1)24-21-9-7-19(27-21)13-17-5-3-15(25-17)12-16-4-6-18(26-16)14-20-8-10-22(24)28-20;/h1-14,25,28H;. The molecule has 0 unspecified atom stereocenters. The number of fused-ring (bicyclic) bond motifs is 8. The molecule has 0 amide bonds. The fraction of sp³-hybridized carbons (Fsp3) is 0. The summed E-state index contributed by atoms with van der Waals surface area (Å²) in [7, 11) is 0. The Labute approximate surface area is 185 Å². The van der Waals surface area contributed by atoms with Gasteiger partial charge in [-0.2, -0.15) is 0 Å². The molecule has 30 heavy (non-hydrogen) atoms. The second kappa shape index (κ2) is 7.40. The van der Waals surface area contributed by atoms with E-state index in [1.54, 1.807) is 6.26 Å². The molecular formula is C24H16N4OZn. The normalized spacial score (nSPS) is 12.1. The number of rotatable bonds is 1. The Balaban J connectivity index is 0.00000193. The van der Waals surface area contributed by atoms with E-state index in [1.165, 1.54) is 0 Å². The Morgan fingerprint density at radius 2 is 1.30 bits per heavy atom. The summed E-state index contributed by atoms with van der Waals surface area (Å²) in [6.45, 7) is 0. The Hall–Kier alpha value is -3.50. The quantitative estimate of drug-likeness (QED) is 0.311. The van der Waals surface area contributed by atoms with Gasteiger partial charge in [0, 0.05) is 36.0 Å². The first-order chi connectivity index (χ1) is 14.3. The van der Waals surface area contributed by atoms with Crippen LogP contribution < -0.4 is 0 Å². The summed E-state index contributed by atoms with van der Waals surface area (Å²) in [6.07, 6.45) is 9.75. The van der Waals surface area contributed by atoms with Crippen molar-refractivity contribution in [2.24, 2.45) is 0 Å². The number of H-pyrrole nitrogens is 2. The molecule has 4 aromatic heterocycles. The van der Waals surface area contributed by atoms with Gasteiger partial charge < -0.3 is 14.4 Å². The van der Waals surface area contributed by atoms with Crippen molar-refractivity contribution < 1.29 is 23.9 Å². The van der Waals surface area contributed by atoms with Gasteiger partial charge in [0.1, 0.15) is 5.76 Å². The van der Waals surface area contributed by atoms with E-state index < -0.39 is 0 Å². The second-order valence-corrected chi connectivity index (χ2v) is 7.03. The van der Waals surface area contributed by atoms with Gasteiger partial charge in [0.15, 0.2) is 0 Å². The van der Waals surface area contributed by atoms with Gasteiger partial charge >= 0.3 is 0 Å². The zero-order chi connectivity index (χ0) is 19.2. The van der Waals surface area contributed by atoms with Crippen molar-refractivity contribution in [1.82, 2.24) is 19.9 Å². The van der Waals surface area contributed by atoms with Gasteiger partial charge in [-0.1, -0.05) is 0 Å². The number of furan rings is 1. The van der Waals surface area contributed by atoms with E-state index in [2.05, 4.69) is 15.0 Å². The van der Waals surface area contributed by atoms with Crippen molar-refractivity contribution in [1.29, 1.82) is 0 Å². The summed E-state index contributed by atoms with van der Waals surface area (Å²) in [6, 6.07) is 18.1. The minimum Gasteiger partial charge on any atom is -0.464 e. The zero-order valence-electron chi connectivity index (χ0n) is 16.1. The van der Waals surface area contributed by atoms with Crippen LogP contribution in [0.3, 0.4) is 0 Å². The summed E-state index contributed by atoms with van der Waals surface area (Å²) < 4.78 is 5.72. The molecule has 6 rings (SSSR count). The van der Waals surface area contributed by atoms with Gasteiger partial charge in [0.2, 0.25) is 0 Å². The summed E-state index contributed by atoms with van der Waals surface area (Å²) in [4.78, 5) is 16.4. The van der Waals surface area contributed by atoms with E-state index in [-0.39, 0.29) is 19.5 Å². The predicted octanol–water partition coefficient (Wildman–Crippen LogP) is 5.91. The van der Waals surface area contributed by atoms with Crippen LogP contribution in [0.25, 0.3) is 57.7 Å². The van der Waals surface area contributed by atoms with Crippen molar-refractivity contribution in [3.8, 4) is 11.3 Å². The number of hydrogen-bond acceptors (Lipinski definition) is 3. The molecule has 2 aliphatic rings. The van der Waals surface area contributed by atoms with Crippen LogP contribution in [-0.2, 0) is 19.5 Å². The molecule has 0 spiro atoms. The Morgan fingerprint density at radius 3 is 2.00 bits per heavy atom. The monoisotopic (exact) mass is 440 g/mol. The first-order valence-corrected chi connectivity index (χ1v) is 9.41. The number of hydrogen-bond donors (Lipinski definition) is 2. The van der Waals surface area contributed by atoms with Crippen molar-refractivity contribution >= 4 is 46.4 Å². The van der Waals surface area contributed by atoms with Crippen LogP contribution >= 0.6 is 0 Å². The molecule has 0 saturated heterocycles. The van der Waals surface area contributed by atoms with Gasteiger partial charge in [-0.15, -0.1) is 0 Å². The maximum Gasteiger partial charge on any atom is 0.138 e. The van der Waals surface area contributed by atoms with Gasteiger partial charge in [-0.3, -0.25) is 0 Å². The average Bonchev–Trinajstić information content (AvgIpc) is 3.51.